The van der Waals surface area contributed by atoms with E-state index in [1.165, 1.54) is 5.56 Å². The van der Waals surface area contributed by atoms with Gasteiger partial charge in [0, 0.05) is 7.05 Å². The Morgan fingerprint density at radius 1 is 0.952 bits per heavy atom. The highest BCUT2D eigenvalue weighted by molar-refractivity contribution is 5.81. The molecular formula is C18H22N2O. The minimum Gasteiger partial charge on any atom is -0.358 e. The van der Waals surface area contributed by atoms with E-state index in [1.807, 2.05) is 25.1 Å². The molecule has 2 aromatic carbocycles. The summed E-state index contributed by atoms with van der Waals surface area (Å²) >= 11 is 0. The molecule has 3 heteroatoms. The Hall–Kier alpha value is -2.13. The summed E-state index contributed by atoms with van der Waals surface area (Å²) in [4.78, 5) is 11.8. The highest BCUT2D eigenvalue weighted by Crippen LogP contribution is 2.23. The number of carbonyl (C=O) groups excluding carboxylic acids is 1. The van der Waals surface area contributed by atoms with Crippen molar-refractivity contribution < 1.29 is 4.79 Å². The fourth-order valence-electron chi connectivity index (χ4n) is 2.33. The zero-order valence-corrected chi connectivity index (χ0v) is 12.8. The lowest BCUT2D eigenvalue weighted by Gasteiger charge is -2.23. The maximum atomic E-state index is 11.8. The van der Waals surface area contributed by atoms with Crippen molar-refractivity contribution in [1.29, 1.82) is 0 Å². The van der Waals surface area contributed by atoms with Gasteiger partial charge < -0.3 is 5.32 Å². The molecular weight excluding hydrogens is 260 g/mol. The molecule has 0 fully saturated rings. The number of likely N-dealkylation sites (N-methyl/N-ethyl adjacent to an activating group) is 1. The predicted octanol–water partition coefficient (Wildman–Crippen LogP) is 2.81. The van der Waals surface area contributed by atoms with Crippen LogP contribution in [0.4, 0.5) is 0 Å². The van der Waals surface area contributed by atoms with Crippen molar-refractivity contribution in [2.45, 2.75) is 25.9 Å². The van der Waals surface area contributed by atoms with Crippen LogP contribution >= 0.6 is 0 Å². The summed E-state index contributed by atoms with van der Waals surface area (Å²) in [6, 6.07) is 18.3. The van der Waals surface area contributed by atoms with E-state index < -0.39 is 0 Å². The number of benzene rings is 2. The van der Waals surface area contributed by atoms with Crippen LogP contribution in [0.2, 0.25) is 0 Å². The number of aryl methyl sites for hydroxylation is 1. The fraction of sp³-hybridized carbons (Fsp3) is 0.278. The number of hydrogen-bond donors (Lipinski definition) is 2. The van der Waals surface area contributed by atoms with E-state index in [0.717, 1.165) is 11.1 Å². The van der Waals surface area contributed by atoms with Gasteiger partial charge in [0.25, 0.3) is 0 Å². The van der Waals surface area contributed by atoms with E-state index in [1.54, 1.807) is 7.05 Å². The van der Waals surface area contributed by atoms with Crippen LogP contribution in [0.3, 0.4) is 0 Å². The highest BCUT2D eigenvalue weighted by atomic mass is 16.2. The number of rotatable bonds is 5. The van der Waals surface area contributed by atoms with Gasteiger partial charge in [-0.25, -0.2) is 0 Å². The Morgan fingerprint density at radius 3 is 2.10 bits per heavy atom. The van der Waals surface area contributed by atoms with Gasteiger partial charge in [-0.2, -0.15) is 0 Å². The SMILES string of the molecule is CNC(=O)[C@@H](C)N[C@H](c1ccccc1)c1ccc(C)cc1. The van der Waals surface area contributed by atoms with Crippen molar-refractivity contribution in [3.8, 4) is 0 Å². The van der Waals surface area contributed by atoms with Gasteiger partial charge in [0.05, 0.1) is 12.1 Å². The van der Waals surface area contributed by atoms with Crippen LogP contribution in [0.15, 0.2) is 54.6 Å². The first-order valence-corrected chi connectivity index (χ1v) is 7.21. The van der Waals surface area contributed by atoms with Gasteiger partial charge in [-0.15, -0.1) is 0 Å². The second-order valence-corrected chi connectivity index (χ2v) is 5.26. The summed E-state index contributed by atoms with van der Waals surface area (Å²) < 4.78 is 0. The molecule has 2 N–H and O–H groups in total. The lowest BCUT2D eigenvalue weighted by molar-refractivity contribution is -0.122. The Morgan fingerprint density at radius 2 is 1.52 bits per heavy atom. The monoisotopic (exact) mass is 282 g/mol. The molecule has 0 aliphatic heterocycles. The topological polar surface area (TPSA) is 41.1 Å². The molecule has 0 heterocycles. The molecule has 0 aliphatic rings. The van der Waals surface area contributed by atoms with Crippen LogP contribution in [-0.2, 0) is 4.79 Å². The second kappa shape index (κ2) is 7.04. The Kier molecular flexibility index (Phi) is 5.12. The van der Waals surface area contributed by atoms with Crippen molar-refractivity contribution in [3.05, 3.63) is 71.3 Å². The van der Waals surface area contributed by atoms with Gasteiger partial charge in [0.2, 0.25) is 5.91 Å². The average molecular weight is 282 g/mol. The molecule has 2 atom stereocenters. The van der Waals surface area contributed by atoms with Gasteiger partial charge in [-0.05, 0) is 25.0 Å². The maximum Gasteiger partial charge on any atom is 0.236 e. The maximum absolute atomic E-state index is 11.8. The Labute approximate surface area is 126 Å². The van der Waals surface area contributed by atoms with E-state index in [0.29, 0.717) is 0 Å². The van der Waals surface area contributed by atoms with Gasteiger partial charge >= 0.3 is 0 Å². The third-order valence-corrected chi connectivity index (χ3v) is 3.60. The lowest BCUT2D eigenvalue weighted by Crippen LogP contribution is -2.42. The minimum atomic E-state index is -0.262. The zero-order valence-electron chi connectivity index (χ0n) is 12.8. The molecule has 21 heavy (non-hydrogen) atoms. The molecule has 0 aliphatic carbocycles. The predicted molar refractivity (Wildman–Crippen MR) is 86.1 cm³/mol. The van der Waals surface area contributed by atoms with Crippen molar-refractivity contribution in [2.24, 2.45) is 0 Å². The molecule has 2 rings (SSSR count). The van der Waals surface area contributed by atoms with Crippen molar-refractivity contribution in [1.82, 2.24) is 10.6 Å². The summed E-state index contributed by atoms with van der Waals surface area (Å²) in [5.41, 5.74) is 3.53. The molecule has 0 saturated carbocycles. The minimum absolute atomic E-state index is 0.000833. The van der Waals surface area contributed by atoms with E-state index in [4.69, 9.17) is 0 Å². The second-order valence-electron chi connectivity index (χ2n) is 5.26. The third kappa shape index (κ3) is 3.92. The van der Waals surface area contributed by atoms with Gasteiger partial charge in [-0.3, -0.25) is 10.1 Å². The summed E-state index contributed by atoms with van der Waals surface area (Å²) in [5, 5.41) is 6.09. The smallest absolute Gasteiger partial charge is 0.236 e. The van der Waals surface area contributed by atoms with Crippen LogP contribution in [-0.4, -0.2) is 19.0 Å². The van der Waals surface area contributed by atoms with E-state index in [2.05, 4.69) is 54.0 Å². The summed E-state index contributed by atoms with van der Waals surface area (Å²) in [7, 11) is 1.66. The quantitative estimate of drug-likeness (QED) is 0.885. The molecule has 2 aromatic rings. The van der Waals surface area contributed by atoms with Crippen LogP contribution < -0.4 is 10.6 Å². The molecule has 0 aromatic heterocycles. The van der Waals surface area contributed by atoms with Gasteiger partial charge in [0.1, 0.15) is 0 Å². The Bertz CT molecular complexity index is 578. The molecule has 110 valence electrons. The molecule has 0 saturated heterocycles. The number of amides is 1. The van der Waals surface area contributed by atoms with E-state index in [9.17, 15) is 4.79 Å². The van der Waals surface area contributed by atoms with Gasteiger partial charge in [0.15, 0.2) is 0 Å². The van der Waals surface area contributed by atoms with Crippen molar-refractivity contribution >= 4 is 5.91 Å². The number of hydrogen-bond acceptors (Lipinski definition) is 2. The first-order valence-electron chi connectivity index (χ1n) is 7.21. The van der Waals surface area contributed by atoms with Crippen LogP contribution in [0.25, 0.3) is 0 Å². The fourth-order valence-corrected chi connectivity index (χ4v) is 2.33. The molecule has 0 radical (unpaired) electrons. The average Bonchev–Trinajstić information content (AvgIpc) is 2.53. The molecule has 1 amide bonds. The highest BCUT2D eigenvalue weighted by Gasteiger charge is 2.19. The normalized spacial score (nSPS) is 13.5. The Balaban J connectivity index is 2.31. The summed E-state index contributed by atoms with van der Waals surface area (Å²) in [6.45, 7) is 3.95. The number of nitrogens with one attached hydrogen (secondary N) is 2. The van der Waals surface area contributed by atoms with Crippen LogP contribution in [0, 0.1) is 6.92 Å². The summed E-state index contributed by atoms with van der Waals surface area (Å²) in [6.07, 6.45) is 0. The molecule has 0 unspecified atom stereocenters. The largest absolute Gasteiger partial charge is 0.358 e. The van der Waals surface area contributed by atoms with Gasteiger partial charge in [-0.1, -0.05) is 60.2 Å². The number of carbonyl (C=O) groups is 1. The lowest BCUT2D eigenvalue weighted by atomic mass is 9.97. The molecule has 0 spiro atoms. The zero-order chi connectivity index (χ0) is 15.2. The standard InChI is InChI=1S/C18H22N2O/c1-13-9-11-16(12-10-13)17(15-7-5-4-6-8-15)20-14(2)18(21)19-3/h4-12,14,17,20H,1-3H3,(H,19,21)/t14-,17-/m1/s1. The van der Waals surface area contributed by atoms with Crippen LogP contribution in [0.5, 0.6) is 0 Å². The van der Waals surface area contributed by atoms with E-state index >= 15 is 0 Å². The van der Waals surface area contributed by atoms with Crippen molar-refractivity contribution in [3.63, 3.8) is 0 Å². The third-order valence-electron chi connectivity index (χ3n) is 3.60. The molecule has 3 nitrogen and oxygen atoms in total. The van der Waals surface area contributed by atoms with Crippen molar-refractivity contribution in [2.75, 3.05) is 7.05 Å². The summed E-state index contributed by atoms with van der Waals surface area (Å²) in [5.74, 6) is -0.0111. The first-order chi connectivity index (χ1) is 10.1. The molecule has 0 bridgehead atoms. The first kappa shape index (κ1) is 15.3. The van der Waals surface area contributed by atoms with E-state index in [-0.39, 0.29) is 18.0 Å². The van der Waals surface area contributed by atoms with Crippen LogP contribution in [0.1, 0.15) is 29.7 Å².